The van der Waals surface area contributed by atoms with Gasteiger partial charge in [-0.1, -0.05) is 5.21 Å². The molecular weight excluding hydrogens is 209 g/mol. The van der Waals surface area contributed by atoms with E-state index in [0.29, 0.717) is 0 Å². The summed E-state index contributed by atoms with van der Waals surface area (Å²) in [5.41, 5.74) is -0.838. The molecule has 0 aromatic carbocycles. The van der Waals surface area contributed by atoms with Gasteiger partial charge in [0.25, 0.3) is 0 Å². The highest BCUT2D eigenvalue weighted by atomic mass is 19.4. The summed E-state index contributed by atoms with van der Waals surface area (Å²) in [7, 11) is 0. The van der Waals surface area contributed by atoms with Crippen molar-refractivity contribution in [2.75, 3.05) is 0 Å². The Labute approximate surface area is 82.4 Å². The second kappa shape index (κ2) is 3.34. The minimum atomic E-state index is -4.45. The molecule has 0 saturated heterocycles. The van der Waals surface area contributed by atoms with Gasteiger partial charge in [-0.15, -0.1) is 5.10 Å². The van der Waals surface area contributed by atoms with Gasteiger partial charge in [-0.3, -0.25) is 0 Å². The molecule has 0 atom stereocenters. The Bertz CT molecular complexity index is 449. The molecule has 2 rings (SSSR count). The van der Waals surface area contributed by atoms with Gasteiger partial charge in [-0.25, -0.2) is 9.67 Å². The average Bonchev–Trinajstić information content (AvgIpc) is 2.69. The highest BCUT2D eigenvalue weighted by Gasteiger charge is 2.34. The number of hydrogen-bond donors (Lipinski definition) is 0. The van der Waals surface area contributed by atoms with Gasteiger partial charge in [0.15, 0.2) is 5.82 Å². The standard InChI is InChI=1S/C8H5F3N4/c9-8(10,11)6-2-1-3-12-7(6)15-5-4-13-14-15/h1-5H. The van der Waals surface area contributed by atoms with Crippen molar-refractivity contribution in [3.05, 3.63) is 36.3 Å². The molecule has 0 bridgehead atoms. The molecular formula is C8H5F3N4. The molecule has 0 saturated carbocycles. The van der Waals surface area contributed by atoms with Crippen LogP contribution in [0.1, 0.15) is 5.56 Å². The van der Waals surface area contributed by atoms with Crippen molar-refractivity contribution in [2.24, 2.45) is 0 Å². The largest absolute Gasteiger partial charge is 0.420 e. The van der Waals surface area contributed by atoms with Gasteiger partial charge in [0.1, 0.15) is 5.56 Å². The first-order chi connectivity index (χ1) is 7.09. The fourth-order valence-corrected chi connectivity index (χ4v) is 1.12. The van der Waals surface area contributed by atoms with Gasteiger partial charge in [-0.05, 0) is 12.1 Å². The Morgan fingerprint density at radius 3 is 2.60 bits per heavy atom. The van der Waals surface area contributed by atoms with Crippen molar-refractivity contribution in [3.63, 3.8) is 0 Å². The van der Waals surface area contributed by atoms with Gasteiger partial charge in [0.2, 0.25) is 0 Å². The third kappa shape index (κ3) is 1.80. The Morgan fingerprint density at radius 1 is 1.20 bits per heavy atom. The number of aromatic nitrogens is 4. The molecule has 4 nitrogen and oxygen atoms in total. The van der Waals surface area contributed by atoms with Crippen LogP contribution in [0.5, 0.6) is 0 Å². The van der Waals surface area contributed by atoms with Gasteiger partial charge in [-0.2, -0.15) is 13.2 Å². The van der Waals surface area contributed by atoms with E-state index in [4.69, 9.17) is 0 Å². The van der Waals surface area contributed by atoms with E-state index in [9.17, 15) is 13.2 Å². The molecule has 2 aromatic rings. The van der Waals surface area contributed by atoms with Crippen molar-refractivity contribution in [2.45, 2.75) is 6.18 Å². The maximum absolute atomic E-state index is 12.5. The predicted molar refractivity (Wildman–Crippen MR) is 44.2 cm³/mol. The number of halogens is 3. The van der Waals surface area contributed by atoms with E-state index in [1.54, 1.807) is 0 Å². The topological polar surface area (TPSA) is 43.6 Å². The first kappa shape index (κ1) is 9.63. The SMILES string of the molecule is FC(F)(F)c1cccnc1-n1ccnn1. The zero-order valence-electron chi connectivity index (χ0n) is 7.31. The first-order valence-electron chi connectivity index (χ1n) is 3.98. The lowest BCUT2D eigenvalue weighted by Crippen LogP contribution is -2.12. The number of rotatable bonds is 1. The van der Waals surface area contributed by atoms with Crippen LogP contribution in [0, 0.1) is 0 Å². The highest BCUT2D eigenvalue weighted by Crippen LogP contribution is 2.32. The van der Waals surface area contributed by atoms with Crippen LogP contribution in [-0.2, 0) is 6.18 Å². The summed E-state index contributed by atoms with van der Waals surface area (Å²) in [6.45, 7) is 0. The summed E-state index contributed by atoms with van der Waals surface area (Å²) in [5.74, 6) is -0.275. The zero-order valence-corrected chi connectivity index (χ0v) is 7.31. The van der Waals surface area contributed by atoms with Crippen LogP contribution < -0.4 is 0 Å². The molecule has 15 heavy (non-hydrogen) atoms. The fourth-order valence-electron chi connectivity index (χ4n) is 1.12. The van der Waals surface area contributed by atoms with E-state index in [1.165, 1.54) is 24.7 Å². The Balaban J connectivity index is 2.58. The van der Waals surface area contributed by atoms with E-state index in [0.717, 1.165) is 10.7 Å². The van der Waals surface area contributed by atoms with Crippen LogP contribution in [0.25, 0.3) is 5.82 Å². The molecule has 0 N–H and O–H groups in total. The van der Waals surface area contributed by atoms with E-state index in [2.05, 4.69) is 15.3 Å². The molecule has 0 aliphatic carbocycles. The minimum Gasteiger partial charge on any atom is -0.237 e. The Hall–Kier alpha value is -1.92. The summed E-state index contributed by atoms with van der Waals surface area (Å²) in [5, 5.41) is 6.89. The van der Waals surface area contributed by atoms with Gasteiger partial charge < -0.3 is 0 Å². The van der Waals surface area contributed by atoms with Crippen LogP contribution in [0.15, 0.2) is 30.7 Å². The quantitative estimate of drug-likeness (QED) is 0.725. The van der Waals surface area contributed by atoms with E-state index in [1.807, 2.05) is 0 Å². The van der Waals surface area contributed by atoms with Gasteiger partial charge in [0.05, 0.1) is 12.4 Å². The van der Waals surface area contributed by atoms with Crippen molar-refractivity contribution in [1.29, 1.82) is 0 Å². The van der Waals surface area contributed by atoms with Crippen molar-refractivity contribution in [3.8, 4) is 5.82 Å². The Morgan fingerprint density at radius 2 is 2.00 bits per heavy atom. The molecule has 2 aromatic heterocycles. The third-order valence-corrected chi connectivity index (χ3v) is 1.73. The maximum atomic E-state index is 12.5. The van der Waals surface area contributed by atoms with Crippen molar-refractivity contribution < 1.29 is 13.2 Å². The summed E-state index contributed by atoms with van der Waals surface area (Å²) < 4.78 is 38.6. The molecule has 78 valence electrons. The van der Waals surface area contributed by atoms with Crippen LogP contribution >= 0.6 is 0 Å². The Kier molecular flexibility index (Phi) is 2.14. The van der Waals surface area contributed by atoms with Crippen LogP contribution in [0.2, 0.25) is 0 Å². The highest BCUT2D eigenvalue weighted by molar-refractivity contribution is 5.34. The van der Waals surface area contributed by atoms with Crippen LogP contribution in [0.3, 0.4) is 0 Å². The van der Waals surface area contributed by atoms with Crippen LogP contribution in [0.4, 0.5) is 13.2 Å². The van der Waals surface area contributed by atoms with Crippen molar-refractivity contribution >= 4 is 0 Å². The van der Waals surface area contributed by atoms with Gasteiger partial charge >= 0.3 is 6.18 Å². The number of hydrogen-bond acceptors (Lipinski definition) is 3. The number of alkyl halides is 3. The van der Waals surface area contributed by atoms with E-state index >= 15 is 0 Å². The lowest BCUT2D eigenvalue weighted by atomic mass is 10.2. The lowest BCUT2D eigenvalue weighted by Gasteiger charge is -2.10. The molecule has 0 aliphatic rings. The fraction of sp³-hybridized carbons (Fsp3) is 0.125. The molecule has 0 aliphatic heterocycles. The minimum absolute atomic E-state index is 0.275. The summed E-state index contributed by atoms with van der Waals surface area (Å²) in [6, 6.07) is 2.17. The third-order valence-electron chi connectivity index (χ3n) is 1.73. The maximum Gasteiger partial charge on any atom is 0.420 e. The normalized spacial score (nSPS) is 11.7. The van der Waals surface area contributed by atoms with E-state index in [-0.39, 0.29) is 5.82 Å². The molecule has 0 fully saturated rings. The second-order valence-electron chi connectivity index (χ2n) is 2.72. The number of nitrogens with zero attached hydrogens (tertiary/aromatic N) is 4. The van der Waals surface area contributed by atoms with Crippen LogP contribution in [-0.4, -0.2) is 20.0 Å². The van der Waals surface area contributed by atoms with Crippen molar-refractivity contribution in [1.82, 2.24) is 20.0 Å². The molecule has 0 radical (unpaired) electrons. The second-order valence-corrected chi connectivity index (χ2v) is 2.72. The average molecular weight is 214 g/mol. The zero-order chi connectivity index (χ0) is 10.9. The van der Waals surface area contributed by atoms with E-state index < -0.39 is 11.7 Å². The molecule has 0 unspecified atom stereocenters. The summed E-state index contributed by atoms with van der Waals surface area (Å²) in [4.78, 5) is 3.63. The molecule has 2 heterocycles. The van der Waals surface area contributed by atoms with Gasteiger partial charge in [0, 0.05) is 6.20 Å². The molecule has 0 spiro atoms. The first-order valence-corrected chi connectivity index (χ1v) is 3.98. The summed E-state index contributed by atoms with van der Waals surface area (Å²) >= 11 is 0. The molecule has 7 heteroatoms. The molecule has 0 amide bonds. The monoisotopic (exact) mass is 214 g/mol. The lowest BCUT2D eigenvalue weighted by molar-refractivity contribution is -0.137. The number of pyridine rings is 1. The smallest absolute Gasteiger partial charge is 0.237 e. The summed E-state index contributed by atoms with van der Waals surface area (Å²) in [6.07, 6.45) is -0.589. The predicted octanol–water partition coefficient (Wildman–Crippen LogP) is 1.68.